The Labute approximate surface area is 81.7 Å². The van der Waals surface area contributed by atoms with E-state index in [4.69, 9.17) is 21.6 Å². The molecule has 1 aromatic carbocycles. The van der Waals surface area contributed by atoms with Crippen molar-refractivity contribution in [1.29, 1.82) is 5.26 Å². The highest BCUT2D eigenvalue weighted by Gasteiger charge is 2.24. The van der Waals surface area contributed by atoms with Gasteiger partial charge in [0.2, 0.25) is 0 Å². The molecule has 1 aliphatic carbocycles. The minimum atomic E-state index is 0.312. The van der Waals surface area contributed by atoms with Crippen LogP contribution in [0.5, 0.6) is 5.75 Å². The standard InChI is InChI=1S/C10H8ClNO/c11-10-7(6-12)2-1-3-9(10)13-8-4-5-8/h1-3,8H,4-5H2. The SMILES string of the molecule is N#Cc1cccc(OC2CC2)c1Cl. The van der Waals surface area contributed by atoms with Crippen LogP contribution in [0.2, 0.25) is 5.02 Å². The lowest BCUT2D eigenvalue weighted by Gasteiger charge is -2.06. The van der Waals surface area contributed by atoms with Gasteiger partial charge in [0.1, 0.15) is 16.8 Å². The van der Waals surface area contributed by atoms with Crippen molar-refractivity contribution in [3.8, 4) is 11.8 Å². The number of hydrogen-bond donors (Lipinski definition) is 0. The van der Waals surface area contributed by atoms with Crippen LogP contribution < -0.4 is 4.74 Å². The van der Waals surface area contributed by atoms with Gasteiger partial charge < -0.3 is 4.74 Å². The molecule has 0 spiro atoms. The molecule has 0 heterocycles. The normalized spacial score (nSPS) is 15.1. The Bertz CT molecular complexity index is 366. The first-order valence-corrected chi connectivity index (χ1v) is 4.54. The molecule has 0 N–H and O–H groups in total. The minimum absolute atomic E-state index is 0.312. The Morgan fingerprint density at radius 3 is 2.85 bits per heavy atom. The highest BCUT2D eigenvalue weighted by molar-refractivity contribution is 6.33. The first kappa shape index (κ1) is 8.40. The van der Waals surface area contributed by atoms with Crippen LogP contribution in [0.1, 0.15) is 18.4 Å². The van der Waals surface area contributed by atoms with E-state index in [9.17, 15) is 0 Å². The number of hydrogen-bond acceptors (Lipinski definition) is 2. The summed E-state index contributed by atoms with van der Waals surface area (Å²) in [6.07, 6.45) is 2.49. The van der Waals surface area contributed by atoms with Crippen LogP contribution >= 0.6 is 11.6 Å². The van der Waals surface area contributed by atoms with E-state index < -0.39 is 0 Å². The lowest BCUT2D eigenvalue weighted by molar-refractivity contribution is 0.303. The van der Waals surface area contributed by atoms with Gasteiger partial charge in [-0.15, -0.1) is 0 Å². The van der Waals surface area contributed by atoms with Gasteiger partial charge in [0.05, 0.1) is 11.7 Å². The van der Waals surface area contributed by atoms with E-state index in [1.165, 1.54) is 0 Å². The Balaban J connectivity index is 2.28. The average Bonchev–Trinajstić information content (AvgIpc) is 2.92. The van der Waals surface area contributed by atoms with E-state index in [0.29, 0.717) is 22.4 Å². The van der Waals surface area contributed by atoms with E-state index in [-0.39, 0.29) is 0 Å². The fraction of sp³-hybridized carbons (Fsp3) is 0.300. The third kappa shape index (κ3) is 1.76. The molecule has 1 fully saturated rings. The van der Waals surface area contributed by atoms with Crippen molar-refractivity contribution in [1.82, 2.24) is 0 Å². The summed E-state index contributed by atoms with van der Waals surface area (Å²) in [5.41, 5.74) is 0.472. The molecule has 0 bridgehead atoms. The molecule has 66 valence electrons. The van der Waals surface area contributed by atoms with Crippen LogP contribution in [0.3, 0.4) is 0 Å². The van der Waals surface area contributed by atoms with Crippen LogP contribution in [0.25, 0.3) is 0 Å². The first-order valence-electron chi connectivity index (χ1n) is 4.16. The molecule has 0 unspecified atom stereocenters. The first-order chi connectivity index (χ1) is 6.31. The largest absolute Gasteiger partial charge is 0.489 e. The number of halogens is 1. The van der Waals surface area contributed by atoms with Crippen molar-refractivity contribution >= 4 is 11.6 Å². The second-order valence-electron chi connectivity index (χ2n) is 3.05. The molecule has 1 aromatic rings. The summed E-state index contributed by atoms with van der Waals surface area (Å²) in [4.78, 5) is 0. The van der Waals surface area contributed by atoms with Gasteiger partial charge in [0, 0.05) is 0 Å². The minimum Gasteiger partial charge on any atom is -0.489 e. The maximum atomic E-state index is 8.70. The number of ether oxygens (including phenoxy) is 1. The van der Waals surface area contributed by atoms with Gasteiger partial charge in [-0.25, -0.2) is 0 Å². The lowest BCUT2D eigenvalue weighted by atomic mass is 10.2. The van der Waals surface area contributed by atoms with Gasteiger partial charge in [0.15, 0.2) is 0 Å². The summed E-state index contributed by atoms with van der Waals surface area (Å²) in [5, 5.41) is 9.13. The highest BCUT2D eigenvalue weighted by atomic mass is 35.5. The average molecular weight is 194 g/mol. The molecule has 0 radical (unpaired) electrons. The van der Waals surface area contributed by atoms with Gasteiger partial charge in [0.25, 0.3) is 0 Å². The van der Waals surface area contributed by atoms with Crippen molar-refractivity contribution < 1.29 is 4.74 Å². The second-order valence-corrected chi connectivity index (χ2v) is 3.42. The molecule has 1 saturated carbocycles. The highest BCUT2D eigenvalue weighted by Crippen LogP contribution is 2.33. The van der Waals surface area contributed by atoms with Gasteiger partial charge in [-0.1, -0.05) is 17.7 Å². The van der Waals surface area contributed by atoms with Crippen molar-refractivity contribution in [2.24, 2.45) is 0 Å². The molecule has 0 aliphatic heterocycles. The van der Waals surface area contributed by atoms with Crippen LogP contribution in [-0.4, -0.2) is 6.10 Å². The van der Waals surface area contributed by atoms with Crippen molar-refractivity contribution in [2.45, 2.75) is 18.9 Å². The van der Waals surface area contributed by atoms with E-state index >= 15 is 0 Å². The smallest absolute Gasteiger partial charge is 0.139 e. The second kappa shape index (κ2) is 3.27. The fourth-order valence-corrected chi connectivity index (χ4v) is 1.27. The molecular weight excluding hydrogens is 186 g/mol. The van der Waals surface area contributed by atoms with Crippen LogP contribution in [-0.2, 0) is 0 Å². The maximum Gasteiger partial charge on any atom is 0.139 e. The molecule has 0 atom stereocenters. The van der Waals surface area contributed by atoms with Crippen LogP contribution in [0, 0.1) is 11.3 Å². The summed E-state index contributed by atoms with van der Waals surface area (Å²) in [5.74, 6) is 0.628. The molecule has 1 aliphatic rings. The molecule has 2 rings (SSSR count). The Hall–Kier alpha value is -1.20. The molecule has 3 heteroatoms. The van der Waals surface area contributed by atoms with Crippen molar-refractivity contribution in [2.75, 3.05) is 0 Å². The zero-order valence-corrected chi connectivity index (χ0v) is 7.71. The Morgan fingerprint density at radius 2 is 2.23 bits per heavy atom. The topological polar surface area (TPSA) is 33.0 Å². The monoisotopic (exact) mass is 193 g/mol. The summed E-state index contributed by atoms with van der Waals surface area (Å²) in [7, 11) is 0. The number of rotatable bonds is 2. The Morgan fingerprint density at radius 1 is 1.46 bits per heavy atom. The molecule has 13 heavy (non-hydrogen) atoms. The summed E-state index contributed by atoms with van der Waals surface area (Å²) >= 11 is 5.93. The van der Waals surface area contributed by atoms with Gasteiger partial charge >= 0.3 is 0 Å². The summed E-state index contributed by atoms with van der Waals surface area (Å²) in [6.45, 7) is 0. The number of nitriles is 1. The summed E-state index contributed by atoms with van der Waals surface area (Å²) < 4.78 is 5.52. The Kier molecular flexibility index (Phi) is 2.12. The van der Waals surface area contributed by atoms with Crippen molar-refractivity contribution in [3.63, 3.8) is 0 Å². The maximum absolute atomic E-state index is 8.70. The zero-order chi connectivity index (χ0) is 9.26. The fourth-order valence-electron chi connectivity index (χ4n) is 1.05. The van der Waals surface area contributed by atoms with E-state index in [2.05, 4.69) is 0 Å². The third-order valence-electron chi connectivity index (χ3n) is 1.90. The number of nitrogens with zero attached hydrogens (tertiary/aromatic N) is 1. The van der Waals surface area contributed by atoms with Crippen LogP contribution in [0.15, 0.2) is 18.2 Å². The van der Waals surface area contributed by atoms with Gasteiger partial charge in [-0.2, -0.15) is 5.26 Å². The quantitative estimate of drug-likeness (QED) is 0.724. The predicted molar refractivity (Wildman–Crippen MR) is 49.8 cm³/mol. The van der Waals surface area contributed by atoms with Gasteiger partial charge in [-0.05, 0) is 25.0 Å². The predicted octanol–water partition coefficient (Wildman–Crippen LogP) is 2.75. The molecule has 0 aromatic heterocycles. The van der Waals surface area contributed by atoms with Crippen molar-refractivity contribution in [3.05, 3.63) is 28.8 Å². The molecule has 0 amide bonds. The van der Waals surface area contributed by atoms with Crippen LogP contribution in [0.4, 0.5) is 0 Å². The molecule has 0 saturated heterocycles. The zero-order valence-electron chi connectivity index (χ0n) is 6.96. The molecular formula is C10H8ClNO. The summed E-state index contributed by atoms with van der Waals surface area (Å²) in [6, 6.07) is 7.27. The lowest BCUT2D eigenvalue weighted by Crippen LogP contribution is -1.96. The number of benzene rings is 1. The van der Waals surface area contributed by atoms with E-state index in [1.54, 1.807) is 18.2 Å². The molecule has 2 nitrogen and oxygen atoms in total. The van der Waals surface area contributed by atoms with E-state index in [0.717, 1.165) is 12.8 Å². The van der Waals surface area contributed by atoms with Gasteiger partial charge in [-0.3, -0.25) is 0 Å². The van der Waals surface area contributed by atoms with E-state index in [1.807, 2.05) is 6.07 Å². The third-order valence-corrected chi connectivity index (χ3v) is 2.29.